The van der Waals surface area contributed by atoms with Crippen molar-refractivity contribution in [2.24, 2.45) is 0 Å². The lowest BCUT2D eigenvalue weighted by Gasteiger charge is -2.02. The fourth-order valence-corrected chi connectivity index (χ4v) is 0.958. The first kappa shape index (κ1) is 7.42. The van der Waals surface area contributed by atoms with Crippen LogP contribution >= 0.6 is 12.6 Å². The van der Waals surface area contributed by atoms with E-state index in [4.69, 9.17) is 0 Å². The van der Waals surface area contributed by atoms with Crippen molar-refractivity contribution in [3.05, 3.63) is 48.6 Å². The normalized spacial score (nSPS) is 12.5. The zero-order valence-corrected chi connectivity index (χ0v) is 6.59. The summed E-state index contributed by atoms with van der Waals surface area (Å²) < 4.78 is 0. The summed E-state index contributed by atoms with van der Waals surface area (Å²) in [5.41, 5.74) is 1.20. The Bertz CT molecular complexity index is 203. The molecule has 0 fully saturated rings. The predicted molar refractivity (Wildman–Crippen MR) is 48.4 cm³/mol. The SMILES string of the molecule is C=C[C@H](S)c1ccccc1. The summed E-state index contributed by atoms with van der Waals surface area (Å²) in [5.74, 6) is 0. The highest BCUT2D eigenvalue weighted by atomic mass is 32.1. The van der Waals surface area contributed by atoms with Crippen LogP contribution in [-0.2, 0) is 0 Å². The lowest BCUT2D eigenvalue weighted by Crippen LogP contribution is -1.82. The van der Waals surface area contributed by atoms with E-state index in [-0.39, 0.29) is 5.25 Å². The van der Waals surface area contributed by atoms with Crippen molar-refractivity contribution in [1.29, 1.82) is 0 Å². The molecule has 0 saturated carbocycles. The molecule has 0 aliphatic rings. The van der Waals surface area contributed by atoms with Gasteiger partial charge in [0.15, 0.2) is 0 Å². The first-order valence-electron chi connectivity index (χ1n) is 3.20. The third-order valence-electron chi connectivity index (χ3n) is 1.36. The molecular weight excluding hydrogens is 140 g/mol. The van der Waals surface area contributed by atoms with E-state index >= 15 is 0 Å². The second kappa shape index (κ2) is 3.47. The average Bonchev–Trinajstić information content (AvgIpc) is 2.05. The molecule has 52 valence electrons. The molecule has 0 amide bonds. The van der Waals surface area contributed by atoms with E-state index in [1.54, 1.807) is 0 Å². The molecule has 1 atom stereocenters. The van der Waals surface area contributed by atoms with Gasteiger partial charge in [-0.2, -0.15) is 12.6 Å². The van der Waals surface area contributed by atoms with Crippen molar-refractivity contribution < 1.29 is 0 Å². The molecule has 0 aliphatic carbocycles. The van der Waals surface area contributed by atoms with Gasteiger partial charge >= 0.3 is 0 Å². The van der Waals surface area contributed by atoms with Crippen LogP contribution in [0.4, 0.5) is 0 Å². The third kappa shape index (κ3) is 1.64. The van der Waals surface area contributed by atoms with Crippen LogP contribution in [0.5, 0.6) is 0 Å². The Labute approximate surface area is 67.0 Å². The van der Waals surface area contributed by atoms with Gasteiger partial charge < -0.3 is 0 Å². The maximum atomic E-state index is 4.30. The van der Waals surface area contributed by atoms with E-state index in [1.165, 1.54) is 5.56 Å². The molecule has 1 aromatic carbocycles. The van der Waals surface area contributed by atoms with Gasteiger partial charge in [0, 0.05) is 5.25 Å². The van der Waals surface area contributed by atoms with Gasteiger partial charge in [0.05, 0.1) is 0 Å². The molecule has 0 bridgehead atoms. The topological polar surface area (TPSA) is 0 Å². The van der Waals surface area contributed by atoms with Crippen LogP contribution in [0.3, 0.4) is 0 Å². The van der Waals surface area contributed by atoms with Crippen molar-refractivity contribution in [2.45, 2.75) is 5.25 Å². The summed E-state index contributed by atoms with van der Waals surface area (Å²) in [4.78, 5) is 0. The standard InChI is InChI=1S/C9H10S/c1-2-9(10)8-6-4-3-5-7-8/h2-7,9-10H,1H2/t9-/m0/s1. The van der Waals surface area contributed by atoms with E-state index in [9.17, 15) is 0 Å². The van der Waals surface area contributed by atoms with Crippen LogP contribution < -0.4 is 0 Å². The van der Waals surface area contributed by atoms with Gasteiger partial charge in [0.2, 0.25) is 0 Å². The lowest BCUT2D eigenvalue weighted by atomic mass is 10.1. The number of thiol groups is 1. The number of hydrogen-bond acceptors (Lipinski definition) is 1. The van der Waals surface area contributed by atoms with Gasteiger partial charge in [-0.15, -0.1) is 6.58 Å². The largest absolute Gasteiger partial charge is 0.167 e. The Morgan fingerprint density at radius 2 is 1.90 bits per heavy atom. The first-order chi connectivity index (χ1) is 4.84. The highest BCUT2D eigenvalue weighted by Crippen LogP contribution is 2.19. The van der Waals surface area contributed by atoms with E-state index in [0.717, 1.165) is 0 Å². The Morgan fingerprint density at radius 1 is 1.30 bits per heavy atom. The molecule has 0 unspecified atom stereocenters. The number of rotatable bonds is 2. The maximum absolute atomic E-state index is 4.30. The molecule has 10 heavy (non-hydrogen) atoms. The van der Waals surface area contributed by atoms with Crippen LogP contribution in [0, 0.1) is 0 Å². The van der Waals surface area contributed by atoms with E-state index in [1.807, 2.05) is 36.4 Å². The second-order valence-corrected chi connectivity index (χ2v) is 2.65. The summed E-state index contributed by atoms with van der Waals surface area (Å²) in [7, 11) is 0. The van der Waals surface area contributed by atoms with Gasteiger partial charge in [-0.3, -0.25) is 0 Å². The molecular formula is C9H10S. The molecule has 1 rings (SSSR count). The Hall–Kier alpha value is -0.690. The minimum absolute atomic E-state index is 0.168. The van der Waals surface area contributed by atoms with Crippen molar-refractivity contribution in [2.75, 3.05) is 0 Å². The van der Waals surface area contributed by atoms with E-state index in [2.05, 4.69) is 19.2 Å². The first-order valence-corrected chi connectivity index (χ1v) is 3.72. The van der Waals surface area contributed by atoms with Crippen molar-refractivity contribution in [3.8, 4) is 0 Å². The molecule has 1 aromatic rings. The molecule has 0 N–H and O–H groups in total. The van der Waals surface area contributed by atoms with Gasteiger partial charge in [-0.05, 0) is 5.56 Å². The highest BCUT2D eigenvalue weighted by molar-refractivity contribution is 7.80. The second-order valence-electron chi connectivity index (χ2n) is 2.09. The zero-order chi connectivity index (χ0) is 7.40. The summed E-state index contributed by atoms with van der Waals surface area (Å²) in [6.45, 7) is 3.66. The zero-order valence-electron chi connectivity index (χ0n) is 5.70. The molecule has 0 heterocycles. The van der Waals surface area contributed by atoms with Crippen molar-refractivity contribution in [3.63, 3.8) is 0 Å². The van der Waals surface area contributed by atoms with E-state index in [0.29, 0.717) is 0 Å². The van der Waals surface area contributed by atoms with E-state index < -0.39 is 0 Å². The quantitative estimate of drug-likeness (QED) is 0.486. The van der Waals surface area contributed by atoms with Crippen LogP contribution in [0.25, 0.3) is 0 Å². The summed E-state index contributed by atoms with van der Waals surface area (Å²) in [6, 6.07) is 10.1. The smallest absolute Gasteiger partial charge is 0.0444 e. The van der Waals surface area contributed by atoms with Crippen LogP contribution in [0.2, 0.25) is 0 Å². The van der Waals surface area contributed by atoms with Gasteiger partial charge in [-0.25, -0.2) is 0 Å². The van der Waals surface area contributed by atoms with Crippen LogP contribution in [0.1, 0.15) is 10.8 Å². The number of benzene rings is 1. The van der Waals surface area contributed by atoms with Crippen LogP contribution in [-0.4, -0.2) is 0 Å². The fourth-order valence-electron chi connectivity index (χ4n) is 0.786. The summed E-state index contributed by atoms with van der Waals surface area (Å²) in [6.07, 6.45) is 1.82. The van der Waals surface area contributed by atoms with Crippen LogP contribution in [0.15, 0.2) is 43.0 Å². The van der Waals surface area contributed by atoms with Gasteiger partial charge in [0.25, 0.3) is 0 Å². The van der Waals surface area contributed by atoms with Gasteiger partial charge in [-0.1, -0.05) is 36.4 Å². The maximum Gasteiger partial charge on any atom is 0.0444 e. The Balaban J connectivity index is 2.84. The summed E-state index contributed by atoms with van der Waals surface area (Å²) in [5, 5.41) is 0.168. The van der Waals surface area contributed by atoms with Crippen molar-refractivity contribution >= 4 is 12.6 Å². The number of hydrogen-bond donors (Lipinski definition) is 1. The molecule has 1 heteroatoms. The molecule has 0 aliphatic heterocycles. The molecule has 0 nitrogen and oxygen atoms in total. The molecule has 0 aromatic heterocycles. The monoisotopic (exact) mass is 150 g/mol. The van der Waals surface area contributed by atoms with Crippen molar-refractivity contribution in [1.82, 2.24) is 0 Å². The minimum atomic E-state index is 0.168. The molecule has 0 radical (unpaired) electrons. The fraction of sp³-hybridized carbons (Fsp3) is 0.111. The highest BCUT2D eigenvalue weighted by Gasteiger charge is 1.97. The Morgan fingerprint density at radius 3 is 2.40 bits per heavy atom. The third-order valence-corrected chi connectivity index (χ3v) is 1.87. The summed E-state index contributed by atoms with van der Waals surface area (Å²) >= 11 is 4.30. The predicted octanol–water partition coefficient (Wildman–Crippen LogP) is 2.84. The van der Waals surface area contributed by atoms with Gasteiger partial charge in [0.1, 0.15) is 0 Å². The molecule has 0 spiro atoms. The minimum Gasteiger partial charge on any atom is -0.167 e. The molecule has 0 saturated heterocycles. The average molecular weight is 150 g/mol. The Kier molecular flexibility index (Phi) is 2.57. The lowest BCUT2D eigenvalue weighted by molar-refractivity contribution is 1.25.